The number of hydrogen-bond donors (Lipinski definition) is 1. The molecule has 0 fully saturated rings. The molecule has 0 radical (unpaired) electrons. The Morgan fingerprint density at radius 1 is 1.53 bits per heavy atom. The predicted octanol–water partition coefficient (Wildman–Crippen LogP) is 2.76. The zero-order valence-corrected chi connectivity index (χ0v) is 8.03. The number of carboxylic acid groups (broad SMARTS) is 1. The fourth-order valence-corrected chi connectivity index (χ4v) is 1.49. The Morgan fingerprint density at radius 3 is 2.93 bits per heavy atom. The molecule has 1 heterocycles. The third-order valence-corrected chi connectivity index (χ3v) is 2.40. The minimum absolute atomic E-state index is 0.400. The van der Waals surface area contributed by atoms with Crippen LogP contribution >= 0.6 is 0 Å². The van der Waals surface area contributed by atoms with Crippen molar-refractivity contribution in [1.82, 2.24) is 0 Å². The SMILES string of the molecule is CC(C(=O)O)c1coc2ccc(F)cc12. The number of benzene rings is 1. The summed E-state index contributed by atoms with van der Waals surface area (Å²) in [5.41, 5.74) is 0.997. The van der Waals surface area contributed by atoms with E-state index in [0.717, 1.165) is 0 Å². The van der Waals surface area contributed by atoms with Crippen LogP contribution in [0, 0.1) is 5.82 Å². The van der Waals surface area contributed by atoms with Gasteiger partial charge in [-0.2, -0.15) is 0 Å². The lowest BCUT2D eigenvalue weighted by Crippen LogP contribution is -2.06. The lowest BCUT2D eigenvalue weighted by molar-refractivity contribution is -0.138. The van der Waals surface area contributed by atoms with Gasteiger partial charge in [-0.1, -0.05) is 0 Å². The number of halogens is 1. The molecular weight excluding hydrogens is 199 g/mol. The molecule has 1 atom stereocenters. The average molecular weight is 208 g/mol. The summed E-state index contributed by atoms with van der Waals surface area (Å²) < 4.78 is 18.1. The highest BCUT2D eigenvalue weighted by Crippen LogP contribution is 2.28. The first-order chi connectivity index (χ1) is 7.09. The maximum Gasteiger partial charge on any atom is 0.310 e. The summed E-state index contributed by atoms with van der Waals surface area (Å²) in [5.74, 6) is -2.06. The lowest BCUT2D eigenvalue weighted by atomic mass is 10.0. The molecule has 0 aliphatic carbocycles. The van der Waals surface area contributed by atoms with Gasteiger partial charge in [0.15, 0.2) is 0 Å². The number of hydrogen-bond acceptors (Lipinski definition) is 2. The van der Waals surface area contributed by atoms with Crippen molar-refractivity contribution >= 4 is 16.9 Å². The van der Waals surface area contributed by atoms with Gasteiger partial charge < -0.3 is 9.52 Å². The van der Waals surface area contributed by atoms with Crippen LogP contribution in [-0.2, 0) is 4.79 Å². The summed E-state index contributed by atoms with van der Waals surface area (Å²) >= 11 is 0. The van der Waals surface area contributed by atoms with Crippen LogP contribution in [0.2, 0.25) is 0 Å². The Bertz CT molecular complexity index is 516. The minimum atomic E-state index is -0.957. The van der Waals surface area contributed by atoms with E-state index >= 15 is 0 Å². The van der Waals surface area contributed by atoms with E-state index in [4.69, 9.17) is 9.52 Å². The third kappa shape index (κ3) is 1.58. The van der Waals surface area contributed by atoms with Crippen LogP contribution in [0.5, 0.6) is 0 Å². The molecule has 1 aromatic carbocycles. The molecule has 0 spiro atoms. The molecule has 4 heteroatoms. The lowest BCUT2D eigenvalue weighted by Gasteiger charge is -2.02. The smallest absolute Gasteiger partial charge is 0.310 e. The molecule has 0 aliphatic rings. The normalized spacial score (nSPS) is 12.9. The summed E-state index contributed by atoms with van der Waals surface area (Å²) in [7, 11) is 0. The second kappa shape index (κ2) is 3.38. The van der Waals surface area contributed by atoms with Crippen LogP contribution in [0.4, 0.5) is 4.39 Å². The van der Waals surface area contributed by atoms with E-state index in [2.05, 4.69) is 0 Å². The van der Waals surface area contributed by atoms with E-state index < -0.39 is 17.7 Å². The van der Waals surface area contributed by atoms with Crippen molar-refractivity contribution in [2.24, 2.45) is 0 Å². The minimum Gasteiger partial charge on any atom is -0.481 e. The van der Waals surface area contributed by atoms with Gasteiger partial charge in [-0.25, -0.2) is 4.39 Å². The fraction of sp³-hybridized carbons (Fsp3) is 0.182. The number of furan rings is 1. The van der Waals surface area contributed by atoms with Crippen LogP contribution in [-0.4, -0.2) is 11.1 Å². The maximum absolute atomic E-state index is 13.0. The number of aliphatic carboxylic acids is 1. The topological polar surface area (TPSA) is 50.4 Å². The molecule has 0 bridgehead atoms. The zero-order chi connectivity index (χ0) is 11.0. The van der Waals surface area contributed by atoms with Crippen LogP contribution in [0.1, 0.15) is 18.4 Å². The summed E-state index contributed by atoms with van der Waals surface area (Å²) in [6.45, 7) is 1.54. The monoisotopic (exact) mass is 208 g/mol. The van der Waals surface area contributed by atoms with Gasteiger partial charge >= 0.3 is 5.97 Å². The van der Waals surface area contributed by atoms with Crippen molar-refractivity contribution in [1.29, 1.82) is 0 Å². The van der Waals surface area contributed by atoms with Gasteiger partial charge in [0, 0.05) is 10.9 Å². The summed E-state index contributed by atoms with van der Waals surface area (Å²) in [4.78, 5) is 10.8. The van der Waals surface area contributed by atoms with Gasteiger partial charge in [-0.15, -0.1) is 0 Å². The maximum atomic E-state index is 13.0. The van der Waals surface area contributed by atoms with Gasteiger partial charge in [0.05, 0.1) is 12.2 Å². The van der Waals surface area contributed by atoms with Gasteiger partial charge in [0.25, 0.3) is 0 Å². The highest BCUT2D eigenvalue weighted by atomic mass is 19.1. The van der Waals surface area contributed by atoms with Crippen LogP contribution < -0.4 is 0 Å². The number of carbonyl (C=O) groups is 1. The molecule has 78 valence electrons. The zero-order valence-electron chi connectivity index (χ0n) is 8.03. The van der Waals surface area contributed by atoms with Crippen LogP contribution in [0.25, 0.3) is 11.0 Å². The van der Waals surface area contributed by atoms with Crippen molar-refractivity contribution in [3.05, 3.63) is 35.8 Å². The molecule has 2 aromatic rings. The summed E-state index contributed by atoms with van der Waals surface area (Å²) in [5, 5.41) is 9.37. The van der Waals surface area contributed by atoms with E-state index in [0.29, 0.717) is 16.5 Å². The summed E-state index contributed by atoms with van der Waals surface area (Å²) in [6, 6.07) is 4.05. The van der Waals surface area contributed by atoms with E-state index in [1.54, 1.807) is 0 Å². The van der Waals surface area contributed by atoms with Crippen LogP contribution in [0.15, 0.2) is 28.9 Å². The Morgan fingerprint density at radius 2 is 2.27 bits per heavy atom. The highest BCUT2D eigenvalue weighted by Gasteiger charge is 2.19. The molecule has 1 aromatic heterocycles. The Labute approximate surface area is 85.1 Å². The molecule has 0 saturated heterocycles. The average Bonchev–Trinajstić information content (AvgIpc) is 2.59. The van der Waals surface area contributed by atoms with Gasteiger partial charge in [-0.05, 0) is 25.1 Å². The Hall–Kier alpha value is -1.84. The second-order valence-corrected chi connectivity index (χ2v) is 3.39. The second-order valence-electron chi connectivity index (χ2n) is 3.39. The predicted molar refractivity (Wildman–Crippen MR) is 52.2 cm³/mol. The first-order valence-electron chi connectivity index (χ1n) is 4.49. The fourth-order valence-electron chi connectivity index (χ4n) is 1.49. The molecular formula is C11H9FO3. The van der Waals surface area contributed by atoms with Crippen molar-refractivity contribution in [2.45, 2.75) is 12.8 Å². The van der Waals surface area contributed by atoms with E-state index in [-0.39, 0.29) is 0 Å². The Balaban J connectivity index is 2.61. The van der Waals surface area contributed by atoms with Crippen molar-refractivity contribution in [3.8, 4) is 0 Å². The van der Waals surface area contributed by atoms with Gasteiger partial charge in [-0.3, -0.25) is 4.79 Å². The largest absolute Gasteiger partial charge is 0.481 e. The molecule has 15 heavy (non-hydrogen) atoms. The van der Waals surface area contributed by atoms with Crippen LogP contribution in [0.3, 0.4) is 0 Å². The van der Waals surface area contributed by atoms with Crippen molar-refractivity contribution < 1.29 is 18.7 Å². The molecule has 0 saturated carbocycles. The number of fused-ring (bicyclic) bond motifs is 1. The van der Waals surface area contributed by atoms with E-state index in [1.165, 1.54) is 31.4 Å². The van der Waals surface area contributed by atoms with Gasteiger partial charge in [0.2, 0.25) is 0 Å². The molecule has 1 unspecified atom stereocenters. The first-order valence-corrected chi connectivity index (χ1v) is 4.49. The van der Waals surface area contributed by atoms with Crippen molar-refractivity contribution in [3.63, 3.8) is 0 Å². The summed E-state index contributed by atoms with van der Waals surface area (Å²) in [6.07, 6.45) is 1.36. The number of rotatable bonds is 2. The number of carboxylic acids is 1. The quantitative estimate of drug-likeness (QED) is 0.825. The van der Waals surface area contributed by atoms with Gasteiger partial charge in [0.1, 0.15) is 11.4 Å². The molecule has 2 rings (SSSR count). The van der Waals surface area contributed by atoms with E-state index in [9.17, 15) is 9.18 Å². The standard InChI is InChI=1S/C11H9FO3/c1-6(11(13)14)9-5-15-10-3-2-7(12)4-8(9)10/h2-6H,1H3,(H,13,14). The third-order valence-electron chi connectivity index (χ3n) is 2.40. The highest BCUT2D eigenvalue weighted by molar-refractivity contribution is 5.87. The van der Waals surface area contributed by atoms with E-state index in [1.807, 2.05) is 0 Å². The Kier molecular flexibility index (Phi) is 2.19. The van der Waals surface area contributed by atoms with Crippen molar-refractivity contribution in [2.75, 3.05) is 0 Å². The first kappa shape index (κ1) is 9.71. The molecule has 1 N–H and O–H groups in total. The molecule has 3 nitrogen and oxygen atoms in total. The molecule has 0 amide bonds. The molecule has 0 aliphatic heterocycles.